The van der Waals surface area contributed by atoms with Crippen molar-refractivity contribution in [1.82, 2.24) is 9.78 Å². The second-order valence-corrected chi connectivity index (χ2v) is 6.16. The SMILES string of the molecule is COc1ccc(C(=O)n2nc(C)c(C(C)C)c2C)cc1Br. The first-order valence-electron chi connectivity index (χ1n) is 6.81. The van der Waals surface area contributed by atoms with Crippen LogP contribution in [0, 0.1) is 13.8 Å². The van der Waals surface area contributed by atoms with E-state index in [0.717, 1.165) is 21.4 Å². The van der Waals surface area contributed by atoms with Crippen molar-refractivity contribution in [3.05, 3.63) is 45.2 Å². The lowest BCUT2D eigenvalue weighted by Gasteiger charge is -2.08. The lowest BCUT2D eigenvalue weighted by molar-refractivity contribution is 0.0942. The van der Waals surface area contributed by atoms with Gasteiger partial charge in [-0.3, -0.25) is 4.79 Å². The maximum Gasteiger partial charge on any atom is 0.278 e. The first-order valence-corrected chi connectivity index (χ1v) is 7.60. The van der Waals surface area contributed by atoms with Crippen molar-refractivity contribution >= 4 is 21.8 Å². The number of nitrogens with zero attached hydrogens (tertiary/aromatic N) is 2. The van der Waals surface area contributed by atoms with Gasteiger partial charge in [-0.2, -0.15) is 5.10 Å². The number of rotatable bonds is 3. The molecule has 0 atom stereocenters. The molecule has 0 saturated carbocycles. The summed E-state index contributed by atoms with van der Waals surface area (Å²) in [7, 11) is 1.59. The van der Waals surface area contributed by atoms with Crippen LogP contribution in [0.1, 0.15) is 47.1 Å². The van der Waals surface area contributed by atoms with E-state index in [1.807, 2.05) is 13.8 Å². The van der Waals surface area contributed by atoms with Gasteiger partial charge in [0.2, 0.25) is 0 Å². The number of ether oxygens (including phenoxy) is 1. The summed E-state index contributed by atoms with van der Waals surface area (Å²) in [6, 6.07) is 5.27. The van der Waals surface area contributed by atoms with Crippen molar-refractivity contribution in [2.75, 3.05) is 7.11 Å². The van der Waals surface area contributed by atoms with Crippen LogP contribution in [0.2, 0.25) is 0 Å². The molecule has 1 heterocycles. The summed E-state index contributed by atoms with van der Waals surface area (Å²) in [6.45, 7) is 8.09. The molecule has 0 bridgehead atoms. The van der Waals surface area contributed by atoms with Crippen LogP contribution in [-0.4, -0.2) is 22.8 Å². The fraction of sp³-hybridized carbons (Fsp3) is 0.375. The minimum atomic E-state index is -0.133. The molecule has 0 aliphatic heterocycles. The van der Waals surface area contributed by atoms with E-state index < -0.39 is 0 Å². The van der Waals surface area contributed by atoms with E-state index in [4.69, 9.17) is 4.74 Å². The number of aromatic nitrogens is 2. The van der Waals surface area contributed by atoms with Crippen molar-refractivity contribution in [2.24, 2.45) is 0 Å². The van der Waals surface area contributed by atoms with Crippen LogP contribution < -0.4 is 4.74 Å². The van der Waals surface area contributed by atoms with Gasteiger partial charge >= 0.3 is 0 Å². The van der Waals surface area contributed by atoms with E-state index in [1.165, 1.54) is 4.68 Å². The van der Waals surface area contributed by atoms with Crippen LogP contribution in [0.3, 0.4) is 0 Å². The summed E-state index contributed by atoms with van der Waals surface area (Å²) in [5.41, 5.74) is 3.52. The molecule has 0 spiro atoms. The molecular weight excluding hydrogens is 332 g/mol. The molecule has 2 aromatic rings. The van der Waals surface area contributed by atoms with Crippen molar-refractivity contribution < 1.29 is 9.53 Å². The zero-order valence-electron chi connectivity index (χ0n) is 12.9. The highest BCUT2D eigenvalue weighted by Gasteiger charge is 2.20. The number of methoxy groups -OCH3 is 1. The predicted molar refractivity (Wildman–Crippen MR) is 86.2 cm³/mol. The molecule has 21 heavy (non-hydrogen) atoms. The summed E-state index contributed by atoms with van der Waals surface area (Å²) >= 11 is 3.40. The first-order chi connectivity index (χ1) is 9.86. The number of benzene rings is 1. The molecule has 0 N–H and O–H groups in total. The summed E-state index contributed by atoms with van der Waals surface area (Å²) in [6.07, 6.45) is 0. The molecule has 1 aromatic heterocycles. The highest BCUT2D eigenvalue weighted by molar-refractivity contribution is 9.10. The molecule has 0 aliphatic carbocycles. The Labute approximate surface area is 133 Å². The van der Waals surface area contributed by atoms with E-state index in [2.05, 4.69) is 34.9 Å². The van der Waals surface area contributed by atoms with Gasteiger partial charge in [0.15, 0.2) is 0 Å². The van der Waals surface area contributed by atoms with Crippen LogP contribution in [-0.2, 0) is 0 Å². The maximum atomic E-state index is 12.6. The van der Waals surface area contributed by atoms with Gasteiger partial charge in [0.05, 0.1) is 17.3 Å². The van der Waals surface area contributed by atoms with Gasteiger partial charge in [-0.15, -0.1) is 0 Å². The highest BCUT2D eigenvalue weighted by atomic mass is 79.9. The van der Waals surface area contributed by atoms with Crippen molar-refractivity contribution in [1.29, 1.82) is 0 Å². The molecule has 0 unspecified atom stereocenters. The number of hydrogen-bond donors (Lipinski definition) is 0. The molecule has 2 rings (SSSR count). The third kappa shape index (κ3) is 2.88. The van der Waals surface area contributed by atoms with Gasteiger partial charge in [0.1, 0.15) is 5.75 Å². The summed E-state index contributed by atoms with van der Waals surface area (Å²) in [4.78, 5) is 12.6. The number of aryl methyl sites for hydroxylation is 1. The molecule has 1 aromatic carbocycles. The molecule has 4 nitrogen and oxygen atoms in total. The Bertz CT molecular complexity index is 690. The molecule has 0 aliphatic rings. The molecule has 0 fully saturated rings. The zero-order chi connectivity index (χ0) is 15.7. The first kappa shape index (κ1) is 15.8. The lowest BCUT2D eigenvalue weighted by atomic mass is 10.0. The van der Waals surface area contributed by atoms with Gasteiger partial charge in [-0.1, -0.05) is 13.8 Å². The average Bonchev–Trinajstić information content (AvgIpc) is 2.73. The number of carbonyl (C=O) groups is 1. The van der Waals surface area contributed by atoms with Gasteiger partial charge in [0, 0.05) is 11.3 Å². The minimum absolute atomic E-state index is 0.133. The second-order valence-electron chi connectivity index (χ2n) is 5.31. The van der Waals surface area contributed by atoms with Crippen molar-refractivity contribution in [3.8, 4) is 5.75 Å². The number of carbonyl (C=O) groups excluding carboxylic acids is 1. The summed E-state index contributed by atoms with van der Waals surface area (Å²) in [5.74, 6) is 0.905. The van der Waals surface area contributed by atoms with Gasteiger partial charge in [-0.25, -0.2) is 4.68 Å². The van der Waals surface area contributed by atoms with Crippen LogP contribution in [0.4, 0.5) is 0 Å². The number of halogens is 1. The Kier molecular flexibility index (Phi) is 4.52. The third-order valence-electron chi connectivity index (χ3n) is 3.52. The van der Waals surface area contributed by atoms with Gasteiger partial charge in [0.25, 0.3) is 5.91 Å². The minimum Gasteiger partial charge on any atom is -0.496 e. The molecule has 112 valence electrons. The monoisotopic (exact) mass is 350 g/mol. The van der Waals surface area contributed by atoms with E-state index in [-0.39, 0.29) is 5.91 Å². The van der Waals surface area contributed by atoms with Crippen LogP contribution in [0.5, 0.6) is 5.75 Å². The van der Waals surface area contributed by atoms with E-state index in [0.29, 0.717) is 17.2 Å². The molecule has 5 heteroatoms. The summed E-state index contributed by atoms with van der Waals surface area (Å²) in [5, 5.41) is 4.40. The largest absolute Gasteiger partial charge is 0.496 e. The van der Waals surface area contributed by atoms with Crippen LogP contribution in [0.15, 0.2) is 22.7 Å². The van der Waals surface area contributed by atoms with E-state index >= 15 is 0 Å². The molecule has 0 saturated heterocycles. The Morgan fingerprint density at radius 2 is 2.00 bits per heavy atom. The van der Waals surface area contributed by atoms with Gasteiger partial charge in [-0.05, 0) is 59.5 Å². The van der Waals surface area contributed by atoms with Crippen molar-refractivity contribution in [2.45, 2.75) is 33.6 Å². The normalized spacial score (nSPS) is 11.0. The fourth-order valence-corrected chi connectivity index (χ4v) is 3.15. The van der Waals surface area contributed by atoms with E-state index in [9.17, 15) is 4.79 Å². The van der Waals surface area contributed by atoms with Crippen molar-refractivity contribution in [3.63, 3.8) is 0 Å². The quantitative estimate of drug-likeness (QED) is 0.837. The van der Waals surface area contributed by atoms with E-state index in [1.54, 1.807) is 25.3 Å². The average molecular weight is 351 g/mol. The topological polar surface area (TPSA) is 44.1 Å². The number of hydrogen-bond acceptors (Lipinski definition) is 3. The smallest absolute Gasteiger partial charge is 0.278 e. The zero-order valence-corrected chi connectivity index (χ0v) is 14.5. The Balaban J connectivity index is 2.46. The predicted octanol–water partition coefficient (Wildman–Crippen LogP) is 4.08. The third-order valence-corrected chi connectivity index (χ3v) is 4.14. The van der Waals surface area contributed by atoms with Crippen LogP contribution >= 0.6 is 15.9 Å². The molecule has 0 radical (unpaired) electrons. The lowest BCUT2D eigenvalue weighted by Crippen LogP contribution is -2.15. The second kappa shape index (κ2) is 6.02. The Morgan fingerprint density at radius 1 is 1.33 bits per heavy atom. The van der Waals surface area contributed by atoms with Gasteiger partial charge < -0.3 is 4.74 Å². The highest BCUT2D eigenvalue weighted by Crippen LogP contribution is 2.27. The standard InChI is InChI=1S/C16H19BrN2O2/c1-9(2)15-10(3)18-19(11(15)4)16(20)12-6-7-14(21-5)13(17)8-12/h6-9H,1-5H3. The summed E-state index contributed by atoms with van der Waals surface area (Å²) < 4.78 is 7.42. The fourth-order valence-electron chi connectivity index (χ4n) is 2.61. The van der Waals surface area contributed by atoms with Crippen LogP contribution in [0.25, 0.3) is 0 Å². The Hall–Kier alpha value is -1.62. The molecule has 0 amide bonds. The Morgan fingerprint density at radius 3 is 2.48 bits per heavy atom. The maximum absolute atomic E-state index is 12.6. The molecular formula is C16H19BrN2O2.